The topological polar surface area (TPSA) is 21.3 Å². The molecule has 20 heavy (non-hydrogen) atoms. The minimum atomic E-state index is 0.421. The van der Waals surface area contributed by atoms with Gasteiger partial charge in [0.1, 0.15) is 5.75 Å². The Morgan fingerprint density at radius 1 is 1.25 bits per heavy atom. The second kappa shape index (κ2) is 7.07. The number of methoxy groups -OCH3 is 1. The fraction of sp³-hybridized carbons (Fsp3) is 0.333. The van der Waals surface area contributed by atoms with E-state index in [1.54, 1.807) is 7.11 Å². The molecule has 0 bridgehead atoms. The largest absolute Gasteiger partial charge is 0.496 e. The molecule has 1 heterocycles. The molecule has 5 heteroatoms. The van der Waals surface area contributed by atoms with E-state index in [9.17, 15) is 0 Å². The van der Waals surface area contributed by atoms with E-state index >= 15 is 0 Å². The molecule has 2 rings (SSSR count). The second-order valence-corrected chi connectivity index (χ2v) is 7.24. The summed E-state index contributed by atoms with van der Waals surface area (Å²) in [5.74, 6) is 0.846. The van der Waals surface area contributed by atoms with Crippen LogP contribution in [0.15, 0.2) is 33.2 Å². The van der Waals surface area contributed by atoms with Crippen LogP contribution in [-0.2, 0) is 0 Å². The van der Waals surface area contributed by atoms with E-state index in [0.29, 0.717) is 6.04 Å². The number of thiophene rings is 1. The fourth-order valence-corrected chi connectivity index (χ4v) is 4.84. The minimum Gasteiger partial charge on any atom is -0.496 e. The Kier molecular flexibility index (Phi) is 5.66. The first kappa shape index (κ1) is 16.0. The van der Waals surface area contributed by atoms with E-state index in [0.717, 1.165) is 26.7 Å². The fourth-order valence-electron chi connectivity index (χ4n) is 2.11. The van der Waals surface area contributed by atoms with Crippen LogP contribution in [0.1, 0.15) is 24.3 Å². The van der Waals surface area contributed by atoms with E-state index in [1.165, 1.54) is 9.75 Å². The molecule has 0 aliphatic carbocycles. The molecule has 0 aliphatic heterocycles. The van der Waals surface area contributed by atoms with Crippen molar-refractivity contribution in [2.75, 3.05) is 14.2 Å². The number of rotatable bonds is 5. The maximum atomic E-state index is 5.38. The van der Waals surface area contributed by atoms with Gasteiger partial charge in [0.15, 0.2) is 0 Å². The molecule has 1 aromatic heterocycles. The highest BCUT2D eigenvalue weighted by Crippen LogP contribution is 2.40. The van der Waals surface area contributed by atoms with Crippen molar-refractivity contribution in [3.8, 4) is 16.2 Å². The predicted octanol–water partition coefficient (Wildman–Crippen LogP) is 5.62. The summed E-state index contributed by atoms with van der Waals surface area (Å²) in [6.07, 6.45) is 1.08. The molecule has 0 fully saturated rings. The lowest BCUT2D eigenvalue weighted by molar-refractivity contribution is 0.412. The molecule has 108 valence electrons. The zero-order valence-electron chi connectivity index (χ0n) is 11.7. The molecule has 0 saturated carbocycles. The number of hydrogen-bond donors (Lipinski definition) is 1. The number of halogens is 2. The van der Waals surface area contributed by atoms with Crippen LogP contribution < -0.4 is 10.1 Å². The Morgan fingerprint density at radius 2 is 2.00 bits per heavy atom. The van der Waals surface area contributed by atoms with Gasteiger partial charge in [0.2, 0.25) is 0 Å². The molecular weight excluding hydrogens is 402 g/mol. The van der Waals surface area contributed by atoms with E-state index in [2.05, 4.69) is 62.3 Å². The minimum absolute atomic E-state index is 0.421. The summed E-state index contributed by atoms with van der Waals surface area (Å²) in [6, 6.07) is 8.89. The van der Waals surface area contributed by atoms with Crippen LogP contribution in [-0.4, -0.2) is 14.2 Å². The van der Waals surface area contributed by atoms with Gasteiger partial charge in [0.25, 0.3) is 0 Å². The highest BCUT2D eigenvalue weighted by atomic mass is 79.9. The molecule has 2 aromatic rings. The third kappa shape index (κ3) is 3.27. The summed E-state index contributed by atoms with van der Waals surface area (Å²) in [6.45, 7) is 2.19. The highest BCUT2D eigenvalue weighted by Gasteiger charge is 2.14. The molecule has 0 spiro atoms. The zero-order valence-corrected chi connectivity index (χ0v) is 15.7. The third-order valence-electron chi connectivity index (χ3n) is 3.23. The average Bonchev–Trinajstić information content (AvgIpc) is 2.90. The second-order valence-electron chi connectivity index (χ2n) is 4.42. The van der Waals surface area contributed by atoms with Crippen molar-refractivity contribution in [1.29, 1.82) is 0 Å². The third-order valence-corrected chi connectivity index (χ3v) is 5.74. The summed E-state index contributed by atoms with van der Waals surface area (Å²) < 4.78 is 7.40. The van der Waals surface area contributed by atoms with Gasteiger partial charge in [-0.15, -0.1) is 11.3 Å². The Hall–Kier alpha value is -0.360. The van der Waals surface area contributed by atoms with Crippen LogP contribution in [0.25, 0.3) is 10.4 Å². The summed E-state index contributed by atoms with van der Waals surface area (Å²) in [4.78, 5) is 2.60. The van der Waals surface area contributed by atoms with Gasteiger partial charge in [-0.25, -0.2) is 0 Å². The van der Waals surface area contributed by atoms with Gasteiger partial charge in [0.05, 0.1) is 11.6 Å². The molecule has 1 N–H and O–H groups in total. The number of hydrogen-bond acceptors (Lipinski definition) is 3. The Bertz CT molecular complexity index is 594. The lowest BCUT2D eigenvalue weighted by Gasteiger charge is -2.11. The van der Waals surface area contributed by atoms with Crippen LogP contribution >= 0.6 is 43.2 Å². The number of nitrogens with one attached hydrogen (secondary N) is 1. The first-order valence-electron chi connectivity index (χ1n) is 6.41. The van der Waals surface area contributed by atoms with Gasteiger partial charge in [-0.1, -0.05) is 22.9 Å². The molecule has 2 nitrogen and oxygen atoms in total. The monoisotopic (exact) mass is 417 g/mol. The van der Waals surface area contributed by atoms with Crippen molar-refractivity contribution >= 4 is 43.2 Å². The van der Waals surface area contributed by atoms with Gasteiger partial charge < -0.3 is 10.1 Å². The van der Waals surface area contributed by atoms with Crippen LogP contribution in [0, 0.1) is 0 Å². The summed E-state index contributed by atoms with van der Waals surface area (Å²) >= 11 is 8.96. The molecule has 0 saturated heterocycles. The lowest BCUT2D eigenvalue weighted by Crippen LogP contribution is -2.13. The molecule has 1 unspecified atom stereocenters. The van der Waals surface area contributed by atoms with E-state index in [4.69, 9.17) is 4.74 Å². The highest BCUT2D eigenvalue weighted by molar-refractivity contribution is 9.11. The van der Waals surface area contributed by atoms with Gasteiger partial charge in [-0.05, 0) is 53.7 Å². The van der Waals surface area contributed by atoms with Crippen molar-refractivity contribution in [2.24, 2.45) is 0 Å². The van der Waals surface area contributed by atoms with E-state index in [1.807, 2.05) is 24.5 Å². The van der Waals surface area contributed by atoms with Gasteiger partial charge in [-0.3, -0.25) is 0 Å². The smallest absolute Gasteiger partial charge is 0.133 e. The average molecular weight is 419 g/mol. The van der Waals surface area contributed by atoms with Crippen molar-refractivity contribution in [3.05, 3.63) is 38.1 Å². The number of benzene rings is 1. The maximum absolute atomic E-state index is 5.38. The van der Waals surface area contributed by atoms with Crippen LogP contribution in [0.5, 0.6) is 5.75 Å². The van der Waals surface area contributed by atoms with Crippen molar-refractivity contribution < 1.29 is 4.74 Å². The molecule has 0 aliphatic rings. The zero-order chi connectivity index (χ0) is 14.7. The van der Waals surface area contributed by atoms with Gasteiger partial charge >= 0.3 is 0 Å². The first-order chi connectivity index (χ1) is 9.60. The van der Waals surface area contributed by atoms with Gasteiger partial charge in [0, 0.05) is 25.8 Å². The molecule has 1 atom stereocenters. The first-order valence-corrected chi connectivity index (χ1v) is 8.81. The summed E-state index contributed by atoms with van der Waals surface area (Å²) in [5.41, 5.74) is 1.16. The molecule has 0 radical (unpaired) electrons. The van der Waals surface area contributed by atoms with Gasteiger partial charge in [-0.2, -0.15) is 0 Å². The molecule has 0 amide bonds. The van der Waals surface area contributed by atoms with E-state index in [-0.39, 0.29) is 0 Å². The summed E-state index contributed by atoms with van der Waals surface area (Å²) in [7, 11) is 3.69. The molecular formula is C15H17Br2NOS. The quantitative estimate of drug-likeness (QED) is 0.680. The Labute approximate surface area is 140 Å². The van der Waals surface area contributed by atoms with Crippen molar-refractivity contribution in [3.63, 3.8) is 0 Å². The number of ether oxygens (including phenoxy) is 1. The lowest BCUT2D eigenvalue weighted by atomic mass is 10.1. The predicted molar refractivity (Wildman–Crippen MR) is 93.8 cm³/mol. The van der Waals surface area contributed by atoms with E-state index < -0.39 is 0 Å². The van der Waals surface area contributed by atoms with Crippen LogP contribution in [0.2, 0.25) is 0 Å². The van der Waals surface area contributed by atoms with Crippen molar-refractivity contribution in [2.45, 2.75) is 19.4 Å². The van der Waals surface area contributed by atoms with Crippen LogP contribution in [0.4, 0.5) is 0 Å². The normalized spacial score (nSPS) is 12.4. The summed E-state index contributed by atoms with van der Waals surface area (Å²) in [5, 5.41) is 3.35. The van der Waals surface area contributed by atoms with Crippen molar-refractivity contribution in [1.82, 2.24) is 5.32 Å². The maximum Gasteiger partial charge on any atom is 0.133 e. The SMILES string of the molecule is CCC(NC)c1ccc(-c2cc(OC)c(Br)cc2Br)s1. The molecule has 1 aromatic carbocycles. The Balaban J connectivity index is 2.42. The Morgan fingerprint density at radius 3 is 2.60 bits per heavy atom. The standard InChI is InChI=1S/C15H17Br2NOS/c1-4-12(18-2)15-6-5-14(20-15)9-7-13(19-3)11(17)8-10(9)16/h5-8,12,18H,4H2,1-3H3. The van der Waals surface area contributed by atoms with Crippen LogP contribution in [0.3, 0.4) is 0 Å².